The minimum Gasteiger partial charge on any atom is -0.312 e. The maximum atomic E-state index is 6.00. The third kappa shape index (κ3) is 4.31. The molecule has 0 aliphatic carbocycles. The van der Waals surface area contributed by atoms with Gasteiger partial charge in [-0.15, -0.1) is 12.4 Å². The molecule has 1 unspecified atom stereocenters. The lowest BCUT2D eigenvalue weighted by Gasteiger charge is -2.31. The first kappa shape index (κ1) is 15.1. The van der Waals surface area contributed by atoms with Gasteiger partial charge in [0.25, 0.3) is 0 Å². The summed E-state index contributed by atoms with van der Waals surface area (Å²) in [4.78, 5) is 2.43. The minimum atomic E-state index is 0. The molecular weight excluding hydrogens is 279 g/mol. The Labute approximate surface area is 119 Å². The first-order valence-corrected chi connectivity index (χ1v) is 6.30. The van der Waals surface area contributed by atoms with Gasteiger partial charge in [-0.3, -0.25) is 4.90 Å². The van der Waals surface area contributed by atoms with E-state index in [-0.39, 0.29) is 12.4 Å². The molecular formula is C12H17Cl3N2. The molecule has 1 heterocycles. The Balaban J connectivity index is 0.00000144. The van der Waals surface area contributed by atoms with Gasteiger partial charge in [0.1, 0.15) is 0 Å². The highest BCUT2D eigenvalue weighted by Gasteiger charge is 2.15. The van der Waals surface area contributed by atoms with Gasteiger partial charge in [0.15, 0.2) is 0 Å². The zero-order valence-electron chi connectivity index (χ0n) is 9.75. The van der Waals surface area contributed by atoms with Crippen LogP contribution in [-0.2, 0) is 6.54 Å². The van der Waals surface area contributed by atoms with E-state index < -0.39 is 0 Å². The van der Waals surface area contributed by atoms with Crippen LogP contribution in [0.5, 0.6) is 0 Å². The van der Waals surface area contributed by atoms with Gasteiger partial charge in [0.05, 0.1) is 10.0 Å². The molecule has 1 aromatic carbocycles. The number of benzene rings is 1. The van der Waals surface area contributed by atoms with E-state index in [9.17, 15) is 0 Å². The highest BCUT2D eigenvalue weighted by Crippen LogP contribution is 2.23. The van der Waals surface area contributed by atoms with E-state index >= 15 is 0 Å². The van der Waals surface area contributed by atoms with Gasteiger partial charge in [-0.05, 0) is 24.6 Å². The summed E-state index contributed by atoms with van der Waals surface area (Å²) in [6.45, 7) is 6.39. The predicted molar refractivity (Wildman–Crippen MR) is 76.5 cm³/mol. The molecule has 0 amide bonds. The third-order valence-electron chi connectivity index (χ3n) is 2.84. The summed E-state index contributed by atoms with van der Waals surface area (Å²) in [5.74, 6) is 0. The smallest absolute Gasteiger partial charge is 0.0595 e. The van der Waals surface area contributed by atoms with Gasteiger partial charge >= 0.3 is 0 Å². The molecule has 1 fully saturated rings. The van der Waals surface area contributed by atoms with Crippen LogP contribution >= 0.6 is 35.6 Å². The van der Waals surface area contributed by atoms with Crippen LogP contribution in [0.1, 0.15) is 12.5 Å². The summed E-state index contributed by atoms with van der Waals surface area (Å²) in [5, 5.41) is 4.69. The second-order valence-electron chi connectivity index (χ2n) is 4.34. The SMILES string of the molecule is CC1CN(Cc2ccc(Cl)c(Cl)c2)CCN1.Cl. The number of rotatable bonds is 2. The Morgan fingerprint density at radius 1 is 1.35 bits per heavy atom. The number of hydrogen-bond donors (Lipinski definition) is 1. The topological polar surface area (TPSA) is 15.3 Å². The van der Waals surface area contributed by atoms with E-state index in [1.807, 2.05) is 18.2 Å². The summed E-state index contributed by atoms with van der Waals surface area (Å²) in [6, 6.07) is 6.43. The molecule has 0 bridgehead atoms. The lowest BCUT2D eigenvalue weighted by Crippen LogP contribution is -2.48. The predicted octanol–water partition coefficient (Wildman–Crippen LogP) is 3.21. The fourth-order valence-corrected chi connectivity index (χ4v) is 2.37. The van der Waals surface area contributed by atoms with Crippen molar-refractivity contribution in [3.63, 3.8) is 0 Å². The fourth-order valence-electron chi connectivity index (χ4n) is 2.05. The van der Waals surface area contributed by atoms with E-state index in [1.165, 1.54) is 5.56 Å². The lowest BCUT2D eigenvalue weighted by molar-refractivity contribution is 0.199. The van der Waals surface area contributed by atoms with Crippen LogP contribution in [0.3, 0.4) is 0 Å². The average Bonchev–Trinajstić information content (AvgIpc) is 2.24. The van der Waals surface area contributed by atoms with Crippen molar-refractivity contribution in [1.82, 2.24) is 10.2 Å². The minimum absolute atomic E-state index is 0. The molecule has 0 spiro atoms. The van der Waals surface area contributed by atoms with Crippen LogP contribution in [0, 0.1) is 0 Å². The van der Waals surface area contributed by atoms with Crippen molar-refractivity contribution in [2.24, 2.45) is 0 Å². The van der Waals surface area contributed by atoms with Crippen molar-refractivity contribution in [3.8, 4) is 0 Å². The second kappa shape index (κ2) is 6.81. The Bertz CT molecular complexity index is 371. The number of piperazine rings is 1. The summed E-state index contributed by atoms with van der Waals surface area (Å²) < 4.78 is 0. The molecule has 2 nitrogen and oxygen atoms in total. The quantitative estimate of drug-likeness (QED) is 0.901. The van der Waals surface area contributed by atoms with Crippen molar-refractivity contribution in [2.75, 3.05) is 19.6 Å². The number of nitrogens with one attached hydrogen (secondary N) is 1. The Morgan fingerprint density at radius 2 is 2.12 bits per heavy atom. The summed E-state index contributed by atoms with van der Waals surface area (Å²) >= 11 is 11.9. The van der Waals surface area contributed by atoms with Crippen LogP contribution in [0.4, 0.5) is 0 Å². The van der Waals surface area contributed by atoms with E-state index in [2.05, 4.69) is 17.1 Å². The first-order chi connectivity index (χ1) is 7.65. The molecule has 1 N–H and O–H groups in total. The van der Waals surface area contributed by atoms with Crippen molar-refractivity contribution in [1.29, 1.82) is 0 Å². The van der Waals surface area contributed by atoms with Crippen LogP contribution in [0.25, 0.3) is 0 Å². The van der Waals surface area contributed by atoms with E-state index in [1.54, 1.807) is 0 Å². The van der Waals surface area contributed by atoms with Crippen molar-refractivity contribution in [3.05, 3.63) is 33.8 Å². The summed E-state index contributed by atoms with van der Waals surface area (Å²) in [7, 11) is 0. The van der Waals surface area contributed by atoms with Crippen molar-refractivity contribution in [2.45, 2.75) is 19.5 Å². The number of nitrogens with zero attached hydrogens (tertiary/aromatic N) is 1. The molecule has 2 rings (SSSR count). The zero-order valence-corrected chi connectivity index (χ0v) is 12.1. The van der Waals surface area contributed by atoms with Crippen molar-refractivity contribution < 1.29 is 0 Å². The molecule has 5 heteroatoms. The normalized spacial score (nSPS) is 21.0. The molecule has 17 heavy (non-hydrogen) atoms. The summed E-state index contributed by atoms with van der Waals surface area (Å²) in [6.07, 6.45) is 0. The number of hydrogen-bond acceptors (Lipinski definition) is 2. The Hall–Kier alpha value is 0.01000. The van der Waals surface area contributed by atoms with Gasteiger partial charge < -0.3 is 5.32 Å². The standard InChI is InChI=1S/C12H16Cl2N2.ClH/c1-9-7-16(5-4-15-9)8-10-2-3-11(13)12(14)6-10;/h2-3,6,9,15H,4-5,7-8H2,1H3;1H. The van der Waals surface area contributed by atoms with Crippen LogP contribution in [0.15, 0.2) is 18.2 Å². The Morgan fingerprint density at radius 3 is 2.76 bits per heavy atom. The Kier molecular flexibility index (Phi) is 6.04. The van der Waals surface area contributed by atoms with Crippen LogP contribution in [-0.4, -0.2) is 30.6 Å². The van der Waals surface area contributed by atoms with Gasteiger partial charge in [0.2, 0.25) is 0 Å². The third-order valence-corrected chi connectivity index (χ3v) is 3.58. The second-order valence-corrected chi connectivity index (χ2v) is 5.15. The molecule has 1 saturated heterocycles. The largest absolute Gasteiger partial charge is 0.312 e. The van der Waals surface area contributed by atoms with Crippen LogP contribution in [0.2, 0.25) is 10.0 Å². The van der Waals surface area contributed by atoms with E-state index in [0.29, 0.717) is 16.1 Å². The molecule has 96 valence electrons. The van der Waals surface area contributed by atoms with Gasteiger partial charge in [-0.2, -0.15) is 0 Å². The summed E-state index contributed by atoms with van der Waals surface area (Å²) in [5.41, 5.74) is 1.23. The number of halogens is 3. The van der Waals surface area contributed by atoms with Crippen molar-refractivity contribution >= 4 is 35.6 Å². The molecule has 0 saturated carbocycles. The molecule has 1 aliphatic rings. The van der Waals surface area contributed by atoms with Gasteiger partial charge in [-0.25, -0.2) is 0 Å². The lowest BCUT2D eigenvalue weighted by atomic mass is 10.1. The monoisotopic (exact) mass is 294 g/mol. The molecule has 1 atom stereocenters. The van der Waals surface area contributed by atoms with E-state index in [0.717, 1.165) is 26.2 Å². The first-order valence-electron chi connectivity index (χ1n) is 5.55. The zero-order chi connectivity index (χ0) is 11.5. The maximum absolute atomic E-state index is 6.00. The van der Waals surface area contributed by atoms with Crippen LogP contribution < -0.4 is 5.32 Å². The molecule has 1 aliphatic heterocycles. The molecule has 1 aromatic rings. The van der Waals surface area contributed by atoms with Gasteiger partial charge in [0, 0.05) is 32.2 Å². The average molecular weight is 296 g/mol. The highest BCUT2D eigenvalue weighted by atomic mass is 35.5. The van der Waals surface area contributed by atoms with Gasteiger partial charge in [-0.1, -0.05) is 29.3 Å². The maximum Gasteiger partial charge on any atom is 0.0595 e. The molecule has 0 aromatic heterocycles. The fraction of sp³-hybridized carbons (Fsp3) is 0.500. The molecule has 0 radical (unpaired) electrons. The van der Waals surface area contributed by atoms with E-state index in [4.69, 9.17) is 23.2 Å². The highest BCUT2D eigenvalue weighted by molar-refractivity contribution is 6.42.